The molecule has 0 aliphatic carbocycles. The van der Waals surface area contributed by atoms with E-state index in [1.54, 1.807) is 0 Å². The molecule has 2 heterocycles. The molecule has 4 rings (SSSR count). The quantitative estimate of drug-likeness (QED) is 0.843. The highest BCUT2D eigenvalue weighted by atomic mass is 16.2. The van der Waals surface area contributed by atoms with E-state index in [1.807, 2.05) is 52.3 Å². The third-order valence-corrected chi connectivity index (χ3v) is 5.44. The molecule has 0 N–H and O–H groups in total. The summed E-state index contributed by atoms with van der Waals surface area (Å²) in [6.45, 7) is 2.29. The Balaban J connectivity index is 1.46. The normalized spacial score (nSPS) is 20.0. The van der Waals surface area contributed by atoms with E-state index in [0.717, 1.165) is 43.5 Å². The van der Waals surface area contributed by atoms with E-state index in [2.05, 4.69) is 12.1 Å². The molecule has 134 valence electrons. The van der Waals surface area contributed by atoms with Crippen LogP contribution in [-0.2, 0) is 11.3 Å². The van der Waals surface area contributed by atoms with Crippen molar-refractivity contribution < 1.29 is 9.59 Å². The predicted octanol–water partition coefficient (Wildman–Crippen LogP) is 3.79. The Morgan fingerprint density at radius 2 is 1.73 bits per heavy atom. The van der Waals surface area contributed by atoms with Crippen LogP contribution in [0, 0.1) is 0 Å². The Bertz CT molecular complexity index is 786. The average Bonchev–Trinajstić information content (AvgIpc) is 3.32. The first kappa shape index (κ1) is 16.8. The number of amides is 2. The van der Waals surface area contributed by atoms with Crippen molar-refractivity contribution in [3.8, 4) is 0 Å². The van der Waals surface area contributed by atoms with Crippen molar-refractivity contribution in [2.75, 3.05) is 13.1 Å². The lowest BCUT2D eigenvalue weighted by Crippen LogP contribution is -2.30. The molecule has 4 nitrogen and oxygen atoms in total. The molecule has 0 bridgehead atoms. The zero-order chi connectivity index (χ0) is 17.9. The monoisotopic (exact) mass is 348 g/mol. The summed E-state index contributed by atoms with van der Waals surface area (Å²) in [6.07, 6.45) is 3.67. The lowest BCUT2D eigenvalue weighted by atomic mass is 10.0. The smallest absolute Gasteiger partial charge is 0.254 e. The second-order valence-corrected chi connectivity index (χ2v) is 7.18. The van der Waals surface area contributed by atoms with Gasteiger partial charge in [0.25, 0.3) is 5.91 Å². The second kappa shape index (κ2) is 7.32. The first-order chi connectivity index (χ1) is 12.7. The standard InChI is InChI=1S/C22H24N2O2/c25-21-9-5-14-23(21)16-17-10-12-19(13-11-17)22(26)24-15-4-8-20(24)18-6-2-1-3-7-18/h1-3,6-7,10-13,20H,4-5,8-9,14-16H2. The van der Waals surface area contributed by atoms with Gasteiger partial charge < -0.3 is 9.80 Å². The SMILES string of the molecule is O=C1CCCN1Cc1ccc(C(=O)N2CCCC2c2ccccc2)cc1. The van der Waals surface area contributed by atoms with Gasteiger partial charge in [0.2, 0.25) is 5.91 Å². The Hall–Kier alpha value is -2.62. The van der Waals surface area contributed by atoms with Crippen molar-refractivity contribution in [3.63, 3.8) is 0 Å². The molecule has 0 radical (unpaired) electrons. The summed E-state index contributed by atoms with van der Waals surface area (Å²) in [5, 5.41) is 0. The van der Waals surface area contributed by atoms with Gasteiger partial charge in [-0.3, -0.25) is 9.59 Å². The van der Waals surface area contributed by atoms with Gasteiger partial charge in [-0.05, 0) is 42.5 Å². The number of nitrogens with zero attached hydrogens (tertiary/aromatic N) is 2. The number of carbonyl (C=O) groups excluding carboxylic acids is 2. The molecule has 2 aromatic carbocycles. The van der Waals surface area contributed by atoms with Gasteiger partial charge in [0, 0.05) is 31.6 Å². The van der Waals surface area contributed by atoms with Crippen LogP contribution in [0.4, 0.5) is 0 Å². The number of hydrogen-bond donors (Lipinski definition) is 0. The molecule has 1 atom stereocenters. The Kier molecular flexibility index (Phi) is 4.74. The molecule has 2 aromatic rings. The van der Waals surface area contributed by atoms with E-state index in [0.29, 0.717) is 13.0 Å². The first-order valence-electron chi connectivity index (χ1n) is 9.45. The second-order valence-electron chi connectivity index (χ2n) is 7.18. The molecule has 1 unspecified atom stereocenters. The van der Waals surface area contributed by atoms with E-state index in [4.69, 9.17) is 0 Å². The number of benzene rings is 2. The first-order valence-corrected chi connectivity index (χ1v) is 9.45. The van der Waals surface area contributed by atoms with Crippen LogP contribution in [0.5, 0.6) is 0 Å². The van der Waals surface area contributed by atoms with Crippen LogP contribution in [0.1, 0.15) is 53.2 Å². The summed E-state index contributed by atoms with van der Waals surface area (Å²) < 4.78 is 0. The molecule has 26 heavy (non-hydrogen) atoms. The lowest BCUT2D eigenvalue weighted by Gasteiger charge is -2.25. The molecular weight excluding hydrogens is 324 g/mol. The molecular formula is C22H24N2O2. The summed E-state index contributed by atoms with van der Waals surface area (Å²) in [7, 11) is 0. The maximum Gasteiger partial charge on any atom is 0.254 e. The fourth-order valence-electron chi connectivity index (χ4n) is 4.04. The Morgan fingerprint density at radius 3 is 2.42 bits per heavy atom. The molecule has 2 aliphatic heterocycles. The van der Waals surface area contributed by atoms with Crippen molar-refractivity contribution in [2.45, 2.75) is 38.3 Å². The van der Waals surface area contributed by atoms with Gasteiger partial charge >= 0.3 is 0 Å². The summed E-state index contributed by atoms with van der Waals surface area (Å²) >= 11 is 0. The van der Waals surface area contributed by atoms with Crippen LogP contribution in [0.3, 0.4) is 0 Å². The largest absolute Gasteiger partial charge is 0.338 e. The van der Waals surface area contributed by atoms with Crippen LogP contribution in [0.2, 0.25) is 0 Å². The van der Waals surface area contributed by atoms with E-state index in [1.165, 1.54) is 5.56 Å². The minimum Gasteiger partial charge on any atom is -0.338 e. The summed E-state index contributed by atoms with van der Waals surface area (Å²) in [4.78, 5) is 28.6. The Labute approximate surface area is 154 Å². The molecule has 4 heteroatoms. The molecule has 2 aliphatic rings. The zero-order valence-corrected chi connectivity index (χ0v) is 14.9. The third-order valence-electron chi connectivity index (χ3n) is 5.44. The molecule has 0 aromatic heterocycles. The van der Waals surface area contributed by atoms with Gasteiger partial charge in [0.1, 0.15) is 0 Å². The van der Waals surface area contributed by atoms with E-state index < -0.39 is 0 Å². The summed E-state index contributed by atoms with van der Waals surface area (Å²) in [5.41, 5.74) is 3.02. The van der Waals surface area contributed by atoms with Gasteiger partial charge in [-0.2, -0.15) is 0 Å². The molecule has 2 amide bonds. The van der Waals surface area contributed by atoms with Crippen LogP contribution in [-0.4, -0.2) is 34.7 Å². The molecule has 2 fully saturated rings. The van der Waals surface area contributed by atoms with Gasteiger partial charge in [-0.1, -0.05) is 42.5 Å². The van der Waals surface area contributed by atoms with Gasteiger partial charge in [0.05, 0.1) is 6.04 Å². The number of rotatable bonds is 4. The Morgan fingerprint density at radius 1 is 0.962 bits per heavy atom. The average molecular weight is 348 g/mol. The zero-order valence-electron chi connectivity index (χ0n) is 14.9. The van der Waals surface area contributed by atoms with Crippen molar-refractivity contribution in [3.05, 3.63) is 71.3 Å². The maximum atomic E-state index is 13.0. The highest BCUT2D eigenvalue weighted by molar-refractivity contribution is 5.94. The minimum atomic E-state index is 0.0974. The lowest BCUT2D eigenvalue weighted by molar-refractivity contribution is -0.128. The van der Waals surface area contributed by atoms with E-state index in [-0.39, 0.29) is 17.9 Å². The van der Waals surface area contributed by atoms with Crippen LogP contribution < -0.4 is 0 Å². The minimum absolute atomic E-state index is 0.0974. The van der Waals surface area contributed by atoms with Crippen LogP contribution in [0.15, 0.2) is 54.6 Å². The van der Waals surface area contributed by atoms with Crippen LogP contribution in [0.25, 0.3) is 0 Å². The molecule has 0 spiro atoms. The van der Waals surface area contributed by atoms with E-state index in [9.17, 15) is 9.59 Å². The van der Waals surface area contributed by atoms with Crippen molar-refractivity contribution in [1.29, 1.82) is 0 Å². The van der Waals surface area contributed by atoms with Crippen molar-refractivity contribution in [1.82, 2.24) is 9.80 Å². The third kappa shape index (κ3) is 3.36. The number of carbonyl (C=O) groups is 2. The van der Waals surface area contributed by atoms with Crippen molar-refractivity contribution >= 4 is 11.8 Å². The molecule has 0 saturated carbocycles. The topological polar surface area (TPSA) is 40.6 Å². The van der Waals surface area contributed by atoms with Gasteiger partial charge in [0.15, 0.2) is 0 Å². The summed E-state index contributed by atoms with van der Waals surface area (Å²) in [6, 6.07) is 18.2. The summed E-state index contributed by atoms with van der Waals surface area (Å²) in [5.74, 6) is 0.327. The predicted molar refractivity (Wildman–Crippen MR) is 101 cm³/mol. The highest BCUT2D eigenvalue weighted by Gasteiger charge is 2.30. The van der Waals surface area contributed by atoms with Crippen molar-refractivity contribution in [2.24, 2.45) is 0 Å². The van der Waals surface area contributed by atoms with Gasteiger partial charge in [-0.25, -0.2) is 0 Å². The maximum absolute atomic E-state index is 13.0. The van der Waals surface area contributed by atoms with Crippen LogP contribution >= 0.6 is 0 Å². The number of likely N-dealkylation sites (tertiary alicyclic amines) is 2. The van der Waals surface area contributed by atoms with Gasteiger partial charge in [-0.15, -0.1) is 0 Å². The fraction of sp³-hybridized carbons (Fsp3) is 0.364. The molecule has 2 saturated heterocycles. The highest BCUT2D eigenvalue weighted by Crippen LogP contribution is 2.33. The number of hydrogen-bond acceptors (Lipinski definition) is 2. The van der Waals surface area contributed by atoms with E-state index >= 15 is 0 Å². The fourth-order valence-corrected chi connectivity index (χ4v) is 4.04.